The maximum atomic E-state index is 14.1. The van der Waals surface area contributed by atoms with Crippen LogP contribution >= 0.6 is 0 Å². The molecule has 4 fully saturated rings. The third-order valence-electron chi connectivity index (χ3n) is 7.95. The van der Waals surface area contributed by atoms with Crippen molar-refractivity contribution >= 4 is 11.6 Å². The molecule has 1 aromatic carbocycles. The Labute approximate surface area is 198 Å². The molecule has 3 atom stereocenters. The van der Waals surface area contributed by atoms with Gasteiger partial charge in [-0.2, -0.15) is 0 Å². The summed E-state index contributed by atoms with van der Waals surface area (Å²) in [5.74, 6) is 0.462. The maximum absolute atomic E-state index is 14.1. The fraction of sp³-hybridized carbons (Fsp3) is 0.538. The molecular weight excluding hydrogens is 433 g/mol. The van der Waals surface area contributed by atoms with Crippen molar-refractivity contribution < 1.29 is 13.9 Å². The molecule has 1 aromatic heterocycles. The van der Waals surface area contributed by atoms with E-state index in [-0.39, 0.29) is 24.5 Å². The molecular formula is C26H30FN5O2. The quantitative estimate of drug-likeness (QED) is 0.704. The summed E-state index contributed by atoms with van der Waals surface area (Å²) >= 11 is 0. The van der Waals surface area contributed by atoms with Crippen LogP contribution in [0.4, 0.5) is 4.39 Å². The second kappa shape index (κ2) is 8.73. The number of benzene rings is 1. The van der Waals surface area contributed by atoms with Gasteiger partial charge in [0.25, 0.3) is 5.91 Å². The van der Waals surface area contributed by atoms with E-state index in [2.05, 4.69) is 15.3 Å². The van der Waals surface area contributed by atoms with Gasteiger partial charge in [0, 0.05) is 42.8 Å². The molecule has 4 aliphatic rings. The number of fused-ring (bicyclic) bond motifs is 2. The minimum Gasteiger partial charge on any atom is -0.489 e. The van der Waals surface area contributed by atoms with E-state index < -0.39 is 5.82 Å². The molecule has 8 heteroatoms. The van der Waals surface area contributed by atoms with E-state index in [1.165, 1.54) is 37.5 Å². The van der Waals surface area contributed by atoms with Crippen LogP contribution in [0.3, 0.4) is 0 Å². The predicted molar refractivity (Wildman–Crippen MR) is 125 cm³/mol. The number of ether oxygens (including phenoxy) is 1. The van der Waals surface area contributed by atoms with Crippen molar-refractivity contribution in [1.29, 1.82) is 5.41 Å². The number of carbonyl (C=O) groups is 1. The summed E-state index contributed by atoms with van der Waals surface area (Å²) in [7, 11) is 0. The van der Waals surface area contributed by atoms with Gasteiger partial charge in [-0.25, -0.2) is 14.4 Å². The molecule has 2 N–H and O–H groups in total. The smallest absolute Gasteiger partial charge is 0.257 e. The molecule has 1 saturated carbocycles. The van der Waals surface area contributed by atoms with Crippen molar-refractivity contribution in [1.82, 2.24) is 20.2 Å². The molecule has 2 bridgehead atoms. The molecule has 0 spiro atoms. The molecule has 34 heavy (non-hydrogen) atoms. The lowest BCUT2D eigenvalue weighted by Crippen LogP contribution is -2.42. The van der Waals surface area contributed by atoms with Crippen LogP contribution in [0.1, 0.15) is 78.5 Å². The van der Waals surface area contributed by atoms with E-state index in [0.29, 0.717) is 47.4 Å². The Morgan fingerprint density at radius 3 is 2.53 bits per heavy atom. The highest BCUT2D eigenvalue weighted by Gasteiger charge is 2.37. The first-order valence-corrected chi connectivity index (χ1v) is 12.4. The fourth-order valence-electron chi connectivity index (χ4n) is 5.81. The van der Waals surface area contributed by atoms with Crippen LogP contribution in [0, 0.1) is 11.2 Å². The average Bonchev–Trinajstić information content (AvgIpc) is 3.34. The van der Waals surface area contributed by atoms with Crippen molar-refractivity contribution in [2.45, 2.75) is 75.0 Å². The zero-order valence-electron chi connectivity index (χ0n) is 19.2. The van der Waals surface area contributed by atoms with Gasteiger partial charge in [0.1, 0.15) is 23.5 Å². The van der Waals surface area contributed by atoms with Crippen molar-refractivity contribution in [2.24, 2.45) is 0 Å². The van der Waals surface area contributed by atoms with Crippen LogP contribution < -0.4 is 10.1 Å². The predicted octanol–water partition coefficient (Wildman–Crippen LogP) is 3.80. The van der Waals surface area contributed by atoms with Gasteiger partial charge in [0.05, 0.1) is 18.0 Å². The first kappa shape index (κ1) is 21.6. The number of piperidine rings is 1. The lowest BCUT2D eigenvalue weighted by Gasteiger charge is -2.30. The topological polar surface area (TPSA) is 91.2 Å². The molecule has 3 saturated heterocycles. The SMILES string of the molecule is N=C1CN(C(=O)c2ccc(F)cc2OC2CC3CCC(C2)N3)CC1c1ncc(C2CCC2)cn1. The Hall–Kier alpha value is -2.87. The second-order valence-electron chi connectivity index (χ2n) is 10.3. The number of carbonyl (C=O) groups excluding carboxylic acids is 1. The van der Waals surface area contributed by atoms with Crippen LogP contribution in [0.2, 0.25) is 0 Å². The minimum atomic E-state index is -0.421. The minimum absolute atomic E-state index is 0.0284. The highest BCUT2D eigenvalue weighted by molar-refractivity contribution is 6.02. The number of aromatic nitrogens is 2. The average molecular weight is 464 g/mol. The van der Waals surface area contributed by atoms with Gasteiger partial charge in [-0.3, -0.25) is 4.79 Å². The van der Waals surface area contributed by atoms with Gasteiger partial charge in [0.2, 0.25) is 0 Å². The molecule has 3 unspecified atom stereocenters. The molecule has 4 heterocycles. The lowest BCUT2D eigenvalue weighted by atomic mass is 9.81. The second-order valence-corrected chi connectivity index (χ2v) is 10.3. The summed E-state index contributed by atoms with van der Waals surface area (Å²) in [5.41, 5.74) is 1.93. The fourth-order valence-corrected chi connectivity index (χ4v) is 5.81. The number of hydrogen-bond acceptors (Lipinski definition) is 6. The normalized spacial score (nSPS) is 28.7. The number of likely N-dealkylation sites (tertiary alicyclic amines) is 1. The van der Waals surface area contributed by atoms with Crippen molar-refractivity contribution in [3.63, 3.8) is 0 Å². The van der Waals surface area contributed by atoms with Gasteiger partial charge < -0.3 is 20.4 Å². The van der Waals surface area contributed by atoms with Crippen molar-refractivity contribution in [2.75, 3.05) is 13.1 Å². The molecule has 0 radical (unpaired) electrons. The number of nitrogens with zero attached hydrogens (tertiary/aromatic N) is 3. The Kier molecular flexibility index (Phi) is 5.56. The summed E-state index contributed by atoms with van der Waals surface area (Å²) in [4.78, 5) is 24.1. The van der Waals surface area contributed by atoms with Gasteiger partial charge in [-0.15, -0.1) is 0 Å². The molecule has 7 nitrogen and oxygen atoms in total. The Morgan fingerprint density at radius 1 is 1.12 bits per heavy atom. The van der Waals surface area contributed by atoms with E-state index in [1.807, 2.05) is 12.4 Å². The van der Waals surface area contributed by atoms with E-state index >= 15 is 0 Å². The summed E-state index contributed by atoms with van der Waals surface area (Å²) in [6.45, 7) is 0.556. The van der Waals surface area contributed by atoms with E-state index in [4.69, 9.17) is 10.1 Å². The van der Waals surface area contributed by atoms with Gasteiger partial charge in [0.15, 0.2) is 0 Å². The summed E-state index contributed by atoms with van der Waals surface area (Å²) in [6, 6.07) is 4.99. The van der Waals surface area contributed by atoms with Crippen LogP contribution in [0.5, 0.6) is 5.75 Å². The summed E-state index contributed by atoms with van der Waals surface area (Å²) < 4.78 is 20.3. The highest BCUT2D eigenvalue weighted by atomic mass is 19.1. The van der Waals surface area contributed by atoms with Gasteiger partial charge >= 0.3 is 0 Å². The third kappa shape index (κ3) is 4.08. The number of hydrogen-bond donors (Lipinski definition) is 2. The summed E-state index contributed by atoms with van der Waals surface area (Å²) in [5, 5.41) is 12.1. The first-order chi connectivity index (χ1) is 16.5. The van der Waals surface area contributed by atoms with Gasteiger partial charge in [-0.05, 0) is 62.1 Å². The van der Waals surface area contributed by atoms with Crippen LogP contribution in [-0.4, -0.2) is 57.8 Å². The zero-order chi connectivity index (χ0) is 23.2. The molecule has 6 rings (SSSR count). The Morgan fingerprint density at radius 2 is 1.85 bits per heavy atom. The number of halogens is 1. The van der Waals surface area contributed by atoms with Crippen LogP contribution in [-0.2, 0) is 0 Å². The van der Waals surface area contributed by atoms with Crippen LogP contribution in [0.25, 0.3) is 0 Å². The maximum Gasteiger partial charge on any atom is 0.257 e. The van der Waals surface area contributed by atoms with E-state index in [9.17, 15) is 9.18 Å². The van der Waals surface area contributed by atoms with E-state index in [0.717, 1.165) is 31.2 Å². The third-order valence-corrected chi connectivity index (χ3v) is 7.95. The summed E-state index contributed by atoms with van der Waals surface area (Å²) in [6.07, 6.45) is 11.4. The highest BCUT2D eigenvalue weighted by Crippen LogP contribution is 2.36. The molecule has 1 aliphatic carbocycles. The van der Waals surface area contributed by atoms with Gasteiger partial charge in [-0.1, -0.05) is 6.42 Å². The largest absolute Gasteiger partial charge is 0.489 e. The van der Waals surface area contributed by atoms with Crippen molar-refractivity contribution in [3.05, 3.63) is 53.4 Å². The molecule has 178 valence electrons. The lowest BCUT2D eigenvalue weighted by molar-refractivity contribution is 0.0781. The van der Waals surface area contributed by atoms with E-state index in [1.54, 1.807) is 4.90 Å². The standard InChI is InChI=1S/C26H30FN5O2/c27-17-4-7-21(24(8-17)34-20-9-18-5-6-19(10-20)31-18)26(33)32-13-22(23(28)14-32)25-29-11-16(12-30-25)15-2-1-3-15/h4,7-8,11-12,15,18-20,22,28,31H,1-3,5-6,9-10,13-14H2. The molecule has 2 aromatic rings. The molecule has 3 aliphatic heterocycles. The van der Waals surface area contributed by atoms with Crippen LogP contribution in [0.15, 0.2) is 30.6 Å². The Balaban J connectivity index is 1.17. The van der Waals surface area contributed by atoms with Crippen molar-refractivity contribution in [3.8, 4) is 5.75 Å². The Bertz CT molecular complexity index is 1090. The molecule has 1 amide bonds. The number of amides is 1. The first-order valence-electron chi connectivity index (χ1n) is 12.4. The zero-order valence-corrected chi connectivity index (χ0v) is 19.2. The number of nitrogens with one attached hydrogen (secondary N) is 2. The monoisotopic (exact) mass is 463 g/mol. The number of rotatable bonds is 5.